The summed E-state index contributed by atoms with van der Waals surface area (Å²) < 4.78 is 0.912. The highest BCUT2D eigenvalue weighted by molar-refractivity contribution is 9.10. The predicted octanol–water partition coefficient (Wildman–Crippen LogP) is 5.01. The van der Waals surface area contributed by atoms with Crippen LogP contribution in [0.4, 0.5) is 5.82 Å². The standard InChI is InChI=1S/C24H24BrN3O2/c1-13-10-18-23(19(29)11-13)22(16-7-5-8-17(25)12-16)21(15(3)27-18)24(30)28-20-9-4-6-14(2)26-20/h4-9,12-13,22,27H,10-11H2,1-3H3,(H,26,28,30). The number of amides is 1. The average Bonchev–Trinajstić information content (AvgIpc) is 2.66. The zero-order valence-corrected chi connectivity index (χ0v) is 18.8. The van der Waals surface area contributed by atoms with Crippen LogP contribution in [0.1, 0.15) is 43.9 Å². The van der Waals surface area contributed by atoms with Crippen LogP contribution in [-0.4, -0.2) is 16.7 Å². The Morgan fingerprint density at radius 2 is 1.93 bits per heavy atom. The van der Waals surface area contributed by atoms with Gasteiger partial charge in [-0.3, -0.25) is 9.59 Å². The van der Waals surface area contributed by atoms with Crippen LogP contribution in [0.15, 0.2) is 69.5 Å². The van der Waals surface area contributed by atoms with Crippen molar-refractivity contribution in [1.29, 1.82) is 0 Å². The minimum Gasteiger partial charge on any atom is -0.362 e. The van der Waals surface area contributed by atoms with Gasteiger partial charge >= 0.3 is 0 Å². The van der Waals surface area contributed by atoms with Crippen molar-refractivity contribution < 1.29 is 9.59 Å². The summed E-state index contributed by atoms with van der Waals surface area (Å²) in [5, 5.41) is 6.29. The summed E-state index contributed by atoms with van der Waals surface area (Å²) in [4.78, 5) is 30.9. The van der Waals surface area contributed by atoms with E-state index in [1.54, 1.807) is 6.07 Å². The number of aryl methyl sites for hydroxylation is 1. The molecule has 1 aliphatic carbocycles. The maximum atomic E-state index is 13.4. The van der Waals surface area contributed by atoms with Crippen LogP contribution in [-0.2, 0) is 9.59 Å². The van der Waals surface area contributed by atoms with Crippen molar-refractivity contribution in [3.8, 4) is 0 Å². The molecule has 0 spiro atoms. The predicted molar refractivity (Wildman–Crippen MR) is 121 cm³/mol. The Labute approximate surface area is 184 Å². The highest BCUT2D eigenvalue weighted by Gasteiger charge is 2.39. The van der Waals surface area contributed by atoms with Crippen molar-refractivity contribution >= 4 is 33.4 Å². The summed E-state index contributed by atoms with van der Waals surface area (Å²) in [6, 6.07) is 13.3. The van der Waals surface area contributed by atoms with Gasteiger partial charge in [0, 0.05) is 45.0 Å². The van der Waals surface area contributed by atoms with Gasteiger partial charge < -0.3 is 10.6 Å². The number of halogens is 1. The molecule has 2 atom stereocenters. The number of carbonyl (C=O) groups excluding carboxylic acids is 2. The minimum absolute atomic E-state index is 0.104. The van der Waals surface area contributed by atoms with Gasteiger partial charge in [0.05, 0.1) is 0 Å². The highest BCUT2D eigenvalue weighted by atomic mass is 79.9. The molecule has 0 bridgehead atoms. The number of carbonyl (C=O) groups is 2. The number of allylic oxidation sites excluding steroid dienone is 3. The Morgan fingerprint density at radius 1 is 1.17 bits per heavy atom. The number of hydrogen-bond donors (Lipinski definition) is 2. The third kappa shape index (κ3) is 3.97. The maximum Gasteiger partial charge on any atom is 0.255 e. The van der Waals surface area contributed by atoms with Crippen molar-refractivity contribution in [1.82, 2.24) is 10.3 Å². The van der Waals surface area contributed by atoms with Gasteiger partial charge in [0.2, 0.25) is 0 Å². The van der Waals surface area contributed by atoms with Crippen LogP contribution in [0.2, 0.25) is 0 Å². The molecular weight excluding hydrogens is 442 g/mol. The molecule has 1 aromatic heterocycles. The molecular formula is C24H24BrN3O2. The third-order valence-corrected chi connectivity index (χ3v) is 6.08. The van der Waals surface area contributed by atoms with Gasteiger partial charge in [-0.2, -0.15) is 0 Å². The monoisotopic (exact) mass is 465 g/mol. The smallest absolute Gasteiger partial charge is 0.255 e. The van der Waals surface area contributed by atoms with E-state index in [0.29, 0.717) is 23.4 Å². The first-order chi connectivity index (χ1) is 14.3. The van der Waals surface area contributed by atoms with E-state index in [1.807, 2.05) is 50.2 Å². The SMILES string of the molecule is CC1=C(C(=O)Nc2cccc(C)n2)C(c2cccc(Br)c2)C2=C(CC(C)CC2=O)N1. The summed E-state index contributed by atoms with van der Waals surface area (Å²) in [6.45, 7) is 5.87. The zero-order valence-electron chi connectivity index (χ0n) is 17.3. The molecule has 2 heterocycles. The van der Waals surface area contributed by atoms with E-state index >= 15 is 0 Å². The lowest BCUT2D eigenvalue weighted by molar-refractivity contribution is -0.117. The van der Waals surface area contributed by atoms with Crippen molar-refractivity contribution in [3.63, 3.8) is 0 Å². The van der Waals surface area contributed by atoms with Crippen LogP contribution in [0.3, 0.4) is 0 Å². The average molecular weight is 466 g/mol. The van der Waals surface area contributed by atoms with E-state index in [0.717, 1.165) is 33.5 Å². The van der Waals surface area contributed by atoms with Gasteiger partial charge in [-0.1, -0.05) is 41.1 Å². The Kier molecular flexibility index (Phi) is 5.60. The first-order valence-corrected chi connectivity index (χ1v) is 10.9. The fraction of sp³-hybridized carbons (Fsp3) is 0.292. The first kappa shape index (κ1) is 20.5. The Morgan fingerprint density at radius 3 is 2.67 bits per heavy atom. The lowest BCUT2D eigenvalue weighted by Crippen LogP contribution is -2.37. The highest BCUT2D eigenvalue weighted by Crippen LogP contribution is 2.43. The van der Waals surface area contributed by atoms with Gasteiger partial charge in [-0.05, 0) is 56.0 Å². The van der Waals surface area contributed by atoms with E-state index in [9.17, 15) is 9.59 Å². The number of ketones is 1. The van der Waals surface area contributed by atoms with E-state index in [2.05, 4.69) is 38.5 Å². The van der Waals surface area contributed by atoms with Crippen LogP contribution in [0.25, 0.3) is 0 Å². The third-order valence-electron chi connectivity index (χ3n) is 5.59. The van der Waals surface area contributed by atoms with Gasteiger partial charge in [-0.25, -0.2) is 4.98 Å². The number of nitrogens with zero attached hydrogens (tertiary/aromatic N) is 1. The normalized spacial score (nSPS) is 21.3. The number of Topliss-reactive ketones (excluding diaryl/α,β-unsaturated/α-hetero) is 1. The molecule has 5 nitrogen and oxygen atoms in total. The molecule has 2 unspecified atom stereocenters. The molecule has 0 saturated carbocycles. The Bertz CT molecular complexity index is 1100. The molecule has 1 amide bonds. The fourth-order valence-electron chi connectivity index (χ4n) is 4.35. The molecule has 30 heavy (non-hydrogen) atoms. The van der Waals surface area contributed by atoms with Crippen molar-refractivity contribution in [2.45, 2.75) is 39.5 Å². The summed E-state index contributed by atoms with van der Waals surface area (Å²) in [6.07, 6.45) is 1.30. The largest absolute Gasteiger partial charge is 0.362 e. The van der Waals surface area contributed by atoms with Crippen LogP contribution in [0, 0.1) is 12.8 Å². The minimum atomic E-state index is -0.413. The van der Waals surface area contributed by atoms with Crippen molar-refractivity contribution in [2.24, 2.45) is 5.92 Å². The zero-order chi connectivity index (χ0) is 21.4. The molecule has 1 aliphatic heterocycles. The topological polar surface area (TPSA) is 71.1 Å². The molecule has 6 heteroatoms. The fourth-order valence-corrected chi connectivity index (χ4v) is 4.77. The number of dihydropyridines is 1. The van der Waals surface area contributed by atoms with E-state index in [1.165, 1.54) is 0 Å². The van der Waals surface area contributed by atoms with Crippen LogP contribution >= 0.6 is 15.9 Å². The number of benzene rings is 1. The van der Waals surface area contributed by atoms with Gasteiger partial charge in [0.15, 0.2) is 5.78 Å². The molecule has 0 fully saturated rings. The summed E-state index contributed by atoms with van der Waals surface area (Å²) in [7, 11) is 0. The quantitative estimate of drug-likeness (QED) is 0.668. The van der Waals surface area contributed by atoms with Gasteiger partial charge in [0.25, 0.3) is 5.91 Å². The molecule has 0 radical (unpaired) electrons. The first-order valence-electron chi connectivity index (χ1n) is 10.1. The molecule has 0 saturated heterocycles. The molecule has 4 rings (SSSR count). The van der Waals surface area contributed by atoms with Crippen LogP contribution < -0.4 is 10.6 Å². The number of nitrogens with one attached hydrogen (secondary N) is 2. The maximum absolute atomic E-state index is 13.4. The number of anilines is 1. The number of pyridine rings is 1. The Hall–Kier alpha value is -2.73. The number of aromatic nitrogens is 1. The molecule has 154 valence electrons. The molecule has 1 aromatic carbocycles. The number of rotatable bonds is 3. The summed E-state index contributed by atoms with van der Waals surface area (Å²) in [5.74, 6) is 0.223. The van der Waals surface area contributed by atoms with Crippen molar-refractivity contribution in [2.75, 3.05) is 5.32 Å². The second-order valence-electron chi connectivity index (χ2n) is 8.10. The van der Waals surface area contributed by atoms with Gasteiger partial charge in [0.1, 0.15) is 5.82 Å². The second-order valence-corrected chi connectivity index (χ2v) is 9.01. The molecule has 2 aliphatic rings. The lowest BCUT2D eigenvalue weighted by Gasteiger charge is -2.36. The van der Waals surface area contributed by atoms with E-state index < -0.39 is 5.92 Å². The number of hydrogen-bond acceptors (Lipinski definition) is 4. The van der Waals surface area contributed by atoms with Crippen LogP contribution in [0.5, 0.6) is 0 Å². The molecule has 2 aromatic rings. The summed E-state index contributed by atoms with van der Waals surface area (Å²) >= 11 is 3.53. The lowest BCUT2D eigenvalue weighted by atomic mass is 9.73. The van der Waals surface area contributed by atoms with E-state index in [4.69, 9.17) is 0 Å². The van der Waals surface area contributed by atoms with E-state index in [-0.39, 0.29) is 17.6 Å². The summed E-state index contributed by atoms with van der Waals surface area (Å²) in [5.41, 5.74) is 4.71. The second kappa shape index (κ2) is 8.19. The van der Waals surface area contributed by atoms with Gasteiger partial charge in [-0.15, -0.1) is 0 Å². The van der Waals surface area contributed by atoms with Crippen molar-refractivity contribution in [3.05, 3.63) is 80.7 Å². The Balaban J connectivity index is 1.80. The molecule has 2 N–H and O–H groups in total.